The number of hydrogen-bond donors (Lipinski definition) is 2. The topological polar surface area (TPSA) is 84.0 Å². The maximum atomic E-state index is 12.2. The molecule has 0 saturated heterocycles. The summed E-state index contributed by atoms with van der Waals surface area (Å²) in [5.74, 6) is 0.242. The molecule has 0 saturated carbocycles. The van der Waals surface area contributed by atoms with Crippen molar-refractivity contribution in [3.63, 3.8) is 0 Å². The first kappa shape index (κ1) is 17.6. The van der Waals surface area contributed by atoms with Gasteiger partial charge in [0.2, 0.25) is 0 Å². The van der Waals surface area contributed by atoms with Crippen LogP contribution in [0.1, 0.15) is 54.0 Å². The monoisotopic (exact) mass is 326 g/mol. The van der Waals surface area contributed by atoms with E-state index in [1.165, 1.54) is 19.5 Å². The number of carbonyl (C=O) groups excluding carboxylic acids is 2. The number of benzene rings is 1. The second kappa shape index (κ2) is 8.76. The third-order valence-electron chi connectivity index (χ3n) is 3.50. The fraction of sp³-hybridized carbons (Fsp3) is 0.333. The molecule has 0 aliphatic carbocycles. The molecule has 126 valence electrons. The number of hydrogen-bond acceptors (Lipinski definition) is 5. The summed E-state index contributed by atoms with van der Waals surface area (Å²) in [4.78, 5) is 31.9. The van der Waals surface area contributed by atoms with Crippen LogP contribution in [0.3, 0.4) is 0 Å². The number of nitrogens with one attached hydrogen (secondary N) is 2. The highest BCUT2D eigenvalue weighted by molar-refractivity contribution is 6.03. The molecule has 6 nitrogen and oxygen atoms in total. The molecule has 1 aromatic carbocycles. The van der Waals surface area contributed by atoms with Crippen molar-refractivity contribution in [3.8, 4) is 0 Å². The van der Waals surface area contributed by atoms with Gasteiger partial charge in [0.15, 0.2) is 5.78 Å². The maximum absolute atomic E-state index is 12.2. The summed E-state index contributed by atoms with van der Waals surface area (Å²) >= 11 is 0. The van der Waals surface area contributed by atoms with Gasteiger partial charge in [-0.15, -0.1) is 0 Å². The normalized spacial score (nSPS) is 10.2. The Morgan fingerprint density at radius 1 is 1.12 bits per heavy atom. The van der Waals surface area contributed by atoms with Crippen LogP contribution in [0.2, 0.25) is 0 Å². The number of Topliss-reactive ketones (excluding diaryl/α,β-unsaturated/α-hetero) is 1. The highest BCUT2D eigenvalue weighted by Crippen LogP contribution is 2.12. The van der Waals surface area contributed by atoms with Crippen LogP contribution in [0.5, 0.6) is 0 Å². The molecule has 0 atom stereocenters. The van der Waals surface area contributed by atoms with E-state index in [1.807, 2.05) is 0 Å². The van der Waals surface area contributed by atoms with E-state index in [0.29, 0.717) is 17.1 Å². The van der Waals surface area contributed by atoms with Crippen molar-refractivity contribution in [2.45, 2.75) is 33.1 Å². The van der Waals surface area contributed by atoms with Gasteiger partial charge in [0.25, 0.3) is 5.91 Å². The molecule has 1 amide bonds. The van der Waals surface area contributed by atoms with Crippen LogP contribution in [-0.2, 0) is 0 Å². The summed E-state index contributed by atoms with van der Waals surface area (Å²) in [5, 5.41) is 5.89. The predicted octanol–water partition coefficient (Wildman–Crippen LogP) is 3.53. The van der Waals surface area contributed by atoms with Crippen LogP contribution in [0.25, 0.3) is 0 Å². The highest BCUT2D eigenvalue weighted by atomic mass is 16.2. The summed E-state index contributed by atoms with van der Waals surface area (Å²) in [6.07, 6.45) is 6.39. The van der Waals surface area contributed by atoms with E-state index in [9.17, 15) is 9.59 Å². The van der Waals surface area contributed by atoms with Gasteiger partial charge in [0, 0.05) is 17.8 Å². The van der Waals surface area contributed by atoms with Crippen LogP contribution in [-0.4, -0.2) is 28.2 Å². The lowest BCUT2D eigenvalue weighted by atomic mass is 10.1. The van der Waals surface area contributed by atoms with Gasteiger partial charge in [-0.25, -0.2) is 9.97 Å². The summed E-state index contributed by atoms with van der Waals surface area (Å²) in [6.45, 7) is 4.48. The van der Waals surface area contributed by atoms with Gasteiger partial charge in [-0.1, -0.05) is 31.9 Å². The fourth-order valence-corrected chi connectivity index (χ4v) is 2.14. The van der Waals surface area contributed by atoms with E-state index in [0.717, 1.165) is 19.4 Å². The largest absolute Gasteiger partial charge is 0.369 e. The number of rotatable bonds is 8. The van der Waals surface area contributed by atoms with Gasteiger partial charge < -0.3 is 10.6 Å². The molecule has 0 bridgehead atoms. The Labute approximate surface area is 141 Å². The first-order valence-electron chi connectivity index (χ1n) is 8.08. The number of anilines is 2. The van der Waals surface area contributed by atoms with Crippen LogP contribution >= 0.6 is 0 Å². The molecule has 1 aromatic heterocycles. The molecule has 0 aliphatic rings. The van der Waals surface area contributed by atoms with Gasteiger partial charge in [-0.05, 0) is 25.5 Å². The molecule has 6 heteroatoms. The molecule has 0 unspecified atom stereocenters. The lowest BCUT2D eigenvalue weighted by Crippen LogP contribution is -2.15. The lowest BCUT2D eigenvalue weighted by Gasteiger charge is -2.07. The zero-order valence-electron chi connectivity index (χ0n) is 14.0. The van der Waals surface area contributed by atoms with Gasteiger partial charge >= 0.3 is 0 Å². The fourth-order valence-electron chi connectivity index (χ4n) is 2.14. The second-order valence-electron chi connectivity index (χ2n) is 5.51. The van der Waals surface area contributed by atoms with E-state index < -0.39 is 0 Å². The first-order chi connectivity index (χ1) is 11.6. The van der Waals surface area contributed by atoms with Crippen molar-refractivity contribution in [2.75, 3.05) is 17.2 Å². The van der Waals surface area contributed by atoms with Gasteiger partial charge in [0.05, 0.1) is 12.4 Å². The molecule has 2 rings (SSSR count). The Balaban J connectivity index is 1.95. The van der Waals surface area contributed by atoms with Crippen LogP contribution in [0.4, 0.5) is 11.5 Å². The molecular formula is C18H22N4O2. The lowest BCUT2D eigenvalue weighted by molar-refractivity contribution is 0.100. The molecule has 24 heavy (non-hydrogen) atoms. The van der Waals surface area contributed by atoms with Crippen LogP contribution in [0.15, 0.2) is 36.7 Å². The Bertz CT molecular complexity index is 698. The number of amides is 1. The number of nitrogens with zero attached hydrogens (tertiary/aromatic N) is 2. The minimum atomic E-state index is -0.360. The van der Waals surface area contributed by atoms with Crippen molar-refractivity contribution < 1.29 is 9.59 Å². The molecule has 0 spiro atoms. The summed E-state index contributed by atoms with van der Waals surface area (Å²) < 4.78 is 0. The Morgan fingerprint density at radius 2 is 1.96 bits per heavy atom. The van der Waals surface area contributed by atoms with E-state index in [-0.39, 0.29) is 17.4 Å². The van der Waals surface area contributed by atoms with Crippen molar-refractivity contribution in [3.05, 3.63) is 47.9 Å². The summed E-state index contributed by atoms with van der Waals surface area (Å²) in [5.41, 5.74) is 1.32. The van der Waals surface area contributed by atoms with Crippen LogP contribution < -0.4 is 10.6 Å². The maximum Gasteiger partial charge on any atom is 0.275 e. The Morgan fingerprint density at radius 3 is 2.62 bits per heavy atom. The van der Waals surface area contributed by atoms with E-state index in [1.54, 1.807) is 30.5 Å². The predicted molar refractivity (Wildman–Crippen MR) is 94.4 cm³/mol. The van der Waals surface area contributed by atoms with Crippen molar-refractivity contribution >= 4 is 23.2 Å². The molecule has 2 N–H and O–H groups in total. The average Bonchev–Trinajstić information content (AvgIpc) is 2.59. The molecule has 0 radical (unpaired) electrons. The van der Waals surface area contributed by atoms with Crippen molar-refractivity contribution in [2.24, 2.45) is 0 Å². The molecule has 2 aromatic rings. The molecular weight excluding hydrogens is 304 g/mol. The number of unbranched alkanes of at least 4 members (excludes halogenated alkanes) is 2. The van der Waals surface area contributed by atoms with E-state index >= 15 is 0 Å². The van der Waals surface area contributed by atoms with E-state index in [2.05, 4.69) is 27.5 Å². The summed E-state index contributed by atoms with van der Waals surface area (Å²) in [7, 11) is 0. The van der Waals surface area contributed by atoms with Gasteiger partial charge in [-0.3, -0.25) is 9.59 Å². The van der Waals surface area contributed by atoms with Crippen LogP contribution in [0, 0.1) is 0 Å². The Kier molecular flexibility index (Phi) is 6.42. The minimum Gasteiger partial charge on any atom is -0.369 e. The molecule has 0 aliphatic heterocycles. The first-order valence-corrected chi connectivity index (χ1v) is 8.08. The number of ketones is 1. The minimum absolute atomic E-state index is 0.0515. The zero-order valence-corrected chi connectivity index (χ0v) is 14.0. The molecule has 1 heterocycles. The Hall–Kier alpha value is -2.76. The number of aromatic nitrogens is 2. The third-order valence-corrected chi connectivity index (χ3v) is 3.50. The molecule has 0 fully saturated rings. The van der Waals surface area contributed by atoms with Crippen molar-refractivity contribution in [1.29, 1.82) is 0 Å². The zero-order chi connectivity index (χ0) is 17.4. The highest BCUT2D eigenvalue weighted by Gasteiger charge is 2.09. The van der Waals surface area contributed by atoms with E-state index in [4.69, 9.17) is 0 Å². The average molecular weight is 326 g/mol. The summed E-state index contributed by atoms with van der Waals surface area (Å²) in [6, 6.07) is 6.79. The quantitative estimate of drug-likeness (QED) is 0.572. The second-order valence-corrected chi connectivity index (χ2v) is 5.51. The third kappa shape index (κ3) is 5.15. The van der Waals surface area contributed by atoms with Crippen molar-refractivity contribution in [1.82, 2.24) is 9.97 Å². The SMILES string of the molecule is CCCCCNc1cnc(C(=O)Nc2cccc(C(C)=O)c2)cn1. The van der Waals surface area contributed by atoms with Gasteiger partial charge in [0.1, 0.15) is 11.5 Å². The standard InChI is InChI=1S/C18H22N4O2/c1-3-4-5-9-19-17-12-20-16(11-21-17)18(24)22-15-8-6-7-14(10-15)13(2)23/h6-8,10-12H,3-5,9H2,1-2H3,(H,19,21)(H,22,24). The smallest absolute Gasteiger partial charge is 0.275 e. The van der Waals surface area contributed by atoms with Gasteiger partial charge in [-0.2, -0.15) is 0 Å². The number of carbonyl (C=O) groups is 2.